The molecule has 0 unspecified atom stereocenters. The first-order valence-corrected chi connectivity index (χ1v) is 4.26. The molecule has 0 heterocycles. The molecule has 0 saturated heterocycles. The molecule has 6 heteroatoms. The molecule has 0 aromatic carbocycles. The molecule has 15 heavy (non-hydrogen) atoms. The van der Waals surface area contributed by atoms with Crippen molar-refractivity contribution < 1.29 is 20.1 Å². The van der Waals surface area contributed by atoms with Gasteiger partial charge >= 0.3 is 5.97 Å². The molecule has 0 fully saturated rings. The van der Waals surface area contributed by atoms with Crippen LogP contribution in [0.5, 0.6) is 0 Å². The van der Waals surface area contributed by atoms with Crippen LogP contribution in [0.4, 0.5) is 0 Å². The van der Waals surface area contributed by atoms with E-state index in [2.05, 4.69) is 0 Å². The molecule has 0 aromatic heterocycles. The van der Waals surface area contributed by atoms with Gasteiger partial charge in [-0.25, -0.2) is 4.79 Å². The first-order valence-electron chi connectivity index (χ1n) is 4.26. The molecule has 0 radical (unpaired) electrons. The second kappa shape index (κ2) is 7.74. The Kier molecular flexibility index (Phi) is 8.17. The smallest absolute Gasteiger partial charge is 0.338 e. The van der Waals surface area contributed by atoms with Crippen molar-refractivity contribution in [1.82, 2.24) is 0 Å². The van der Waals surface area contributed by atoms with Crippen LogP contribution < -0.4 is 0 Å². The lowest BCUT2D eigenvalue weighted by atomic mass is 9.96. The second-order valence-electron chi connectivity index (χ2n) is 2.92. The number of aliphatic hydroxyl groups is 2. The summed E-state index contributed by atoms with van der Waals surface area (Å²) in [5.74, 6) is -1.41. The second-order valence-corrected chi connectivity index (χ2v) is 2.92. The van der Waals surface area contributed by atoms with Crippen LogP contribution in [0.3, 0.4) is 0 Å². The fourth-order valence-electron chi connectivity index (χ4n) is 0.379. The summed E-state index contributed by atoms with van der Waals surface area (Å²) in [5.41, 5.74) is -1.89. The highest BCUT2D eigenvalue weighted by molar-refractivity contribution is 5.80. The van der Waals surface area contributed by atoms with E-state index in [1.54, 1.807) is 0 Å². The summed E-state index contributed by atoms with van der Waals surface area (Å²) in [6.45, 7) is 2.95. The van der Waals surface area contributed by atoms with Gasteiger partial charge in [0.05, 0.1) is 12.1 Å². The van der Waals surface area contributed by atoms with Gasteiger partial charge in [-0.05, 0) is 13.3 Å². The third-order valence-corrected chi connectivity index (χ3v) is 1.42. The maximum absolute atomic E-state index is 10.0. The maximum atomic E-state index is 10.0. The van der Waals surface area contributed by atoms with Gasteiger partial charge in [-0.15, -0.1) is 0 Å². The normalized spacial score (nSPS) is 9.53. The molecular weight excluding hydrogens is 200 g/mol. The predicted molar refractivity (Wildman–Crippen MR) is 50.1 cm³/mol. The molecule has 84 valence electrons. The minimum atomic E-state index is -1.89. The minimum Gasteiger partial charge on any atom is -0.479 e. The Labute approximate surface area is 88.0 Å². The van der Waals surface area contributed by atoms with Crippen LogP contribution in [-0.2, 0) is 4.79 Å². The largest absolute Gasteiger partial charge is 0.479 e. The van der Waals surface area contributed by atoms with Crippen molar-refractivity contribution in [1.29, 1.82) is 10.5 Å². The summed E-state index contributed by atoms with van der Waals surface area (Å²) >= 11 is 0. The fraction of sp³-hybridized carbons (Fsp3) is 0.667. The maximum Gasteiger partial charge on any atom is 0.338 e. The fourth-order valence-corrected chi connectivity index (χ4v) is 0.379. The van der Waals surface area contributed by atoms with E-state index in [9.17, 15) is 4.79 Å². The zero-order valence-corrected chi connectivity index (χ0v) is 8.64. The number of carboxylic acid groups (broad SMARTS) is 1. The van der Waals surface area contributed by atoms with Gasteiger partial charge in [0.15, 0.2) is 6.29 Å². The Balaban J connectivity index is 0. The highest BCUT2D eigenvalue weighted by Crippen LogP contribution is 2.11. The summed E-state index contributed by atoms with van der Waals surface area (Å²) in [6.07, 6.45) is 0.215. The number of rotatable bonds is 3. The van der Waals surface area contributed by atoms with Crippen LogP contribution in [0.2, 0.25) is 0 Å². The average molecular weight is 214 g/mol. The summed E-state index contributed by atoms with van der Waals surface area (Å²) < 4.78 is 0. The predicted octanol–water partition coefficient (Wildman–Crippen LogP) is 0.222. The summed E-state index contributed by atoms with van der Waals surface area (Å²) in [6, 6.07) is 2.73. The Bertz CT molecular complexity index is 261. The molecule has 0 aliphatic rings. The zero-order chi connectivity index (χ0) is 12.5. The van der Waals surface area contributed by atoms with Crippen LogP contribution in [0.25, 0.3) is 0 Å². The van der Waals surface area contributed by atoms with Crippen molar-refractivity contribution >= 4 is 5.97 Å². The van der Waals surface area contributed by atoms with Gasteiger partial charge in [0.1, 0.15) is 0 Å². The van der Waals surface area contributed by atoms with Crippen molar-refractivity contribution in [3.05, 3.63) is 0 Å². The van der Waals surface area contributed by atoms with E-state index in [1.165, 1.54) is 12.1 Å². The monoisotopic (exact) mass is 214 g/mol. The third kappa shape index (κ3) is 7.44. The molecular formula is C9H14N2O4. The lowest BCUT2D eigenvalue weighted by Gasteiger charge is -2.01. The number of hydrogen-bond donors (Lipinski definition) is 3. The van der Waals surface area contributed by atoms with E-state index in [0.29, 0.717) is 6.42 Å². The number of carboxylic acids is 1. The topological polar surface area (TPSA) is 125 Å². The first kappa shape index (κ1) is 15.8. The Morgan fingerprint density at radius 1 is 1.40 bits per heavy atom. The quantitative estimate of drug-likeness (QED) is 0.577. The number of nitriles is 2. The number of aliphatic hydroxyl groups excluding tert-OH is 1. The van der Waals surface area contributed by atoms with Crippen LogP contribution in [-0.4, -0.2) is 27.6 Å². The SMILES string of the molecule is CC(C#N)(C#N)C(=O)O.CCCC(O)O. The molecule has 0 rings (SSSR count). The van der Waals surface area contributed by atoms with Crippen LogP contribution in [0.1, 0.15) is 26.7 Å². The number of aliphatic carboxylic acids is 1. The molecule has 0 aliphatic heterocycles. The third-order valence-electron chi connectivity index (χ3n) is 1.42. The van der Waals surface area contributed by atoms with Gasteiger partial charge in [-0.1, -0.05) is 13.3 Å². The number of carbonyl (C=O) groups is 1. The van der Waals surface area contributed by atoms with Crippen molar-refractivity contribution in [2.24, 2.45) is 5.41 Å². The number of nitrogens with zero attached hydrogens (tertiary/aromatic N) is 2. The molecule has 0 bridgehead atoms. The average Bonchev–Trinajstić information content (AvgIpc) is 2.17. The van der Waals surface area contributed by atoms with Crippen LogP contribution in [0.15, 0.2) is 0 Å². The van der Waals surface area contributed by atoms with E-state index in [4.69, 9.17) is 25.8 Å². The Hall–Kier alpha value is -1.63. The van der Waals surface area contributed by atoms with E-state index in [1.807, 2.05) is 6.92 Å². The summed E-state index contributed by atoms with van der Waals surface area (Å²) in [5, 5.41) is 40.6. The zero-order valence-electron chi connectivity index (χ0n) is 8.64. The van der Waals surface area contributed by atoms with E-state index >= 15 is 0 Å². The lowest BCUT2D eigenvalue weighted by molar-refractivity contribution is -0.142. The molecule has 0 spiro atoms. The molecule has 0 amide bonds. The van der Waals surface area contributed by atoms with Crippen molar-refractivity contribution in [3.63, 3.8) is 0 Å². The van der Waals surface area contributed by atoms with E-state index in [0.717, 1.165) is 13.3 Å². The molecule has 0 saturated carbocycles. The van der Waals surface area contributed by atoms with Gasteiger partial charge < -0.3 is 15.3 Å². The molecule has 0 aromatic rings. The van der Waals surface area contributed by atoms with Gasteiger partial charge in [-0.2, -0.15) is 10.5 Å². The van der Waals surface area contributed by atoms with Crippen LogP contribution >= 0.6 is 0 Å². The van der Waals surface area contributed by atoms with E-state index in [-0.39, 0.29) is 0 Å². The Morgan fingerprint density at radius 2 is 1.80 bits per heavy atom. The highest BCUT2D eigenvalue weighted by Gasteiger charge is 2.32. The standard InChI is InChI=1S/C5H4N2O2.C4H10O2/c1-5(2-6,3-7)4(8)9;1-2-3-4(5)6/h1H3,(H,8,9);4-6H,2-3H2,1H3. The minimum absolute atomic E-state index is 0.486. The van der Waals surface area contributed by atoms with Crippen LogP contribution in [0, 0.1) is 28.1 Å². The Morgan fingerprint density at radius 3 is 1.80 bits per heavy atom. The van der Waals surface area contributed by atoms with Crippen molar-refractivity contribution in [3.8, 4) is 12.1 Å². The molecule has 0 aliphatic carbocycles. The van der Waals surface area contributed by atoms with Gasteiger partial charge in [-0.3, -0.25) is 0 Å². The number of hydrogen-bond acceptors (Lipinski definition) is 5. The summed E-state index contributed by atoms with van der Waals surface area (Å²) in [4.78, 5) is 10.0. The van der Waals surface area contributed by atoms with Gasteiger partial charge in [0, 0.05) is 0 Å². The van der Waals surface area contributed by atoms with Crippen molar-refractivity contribution in [2.45, 2.75) is 33.0 Å². The molecule has 0 atom stereocenters. The van der Waals surface area contributed by atoms with E-state index < -0.39 is 17.7 Å². The molecule has 6 nitrogen and oxygen atoms in total. The summed E-state index contributed by atoms with van der Waals surface area (Å²) in [7, 11) is 0. The first-order chi connectivity index (χ1) is 6.83. The van der Waals surface area contributed by atoms with Crippen molar-refractivity contribution in [2.75, 3.05) is 0 Å². The molecule has 3 N–H and O–H groups in total. The van der Waals surface area contributed by atoms with Gasteiger partial charge in [0.2, 0.25) is 5.41 Å². The highest BCUT2D eigenvalue weighted by atomic mass is 16.5. The van der Waals surface area contributed by atoms with Gasteiger partial charge in [0.25, 0.3) is 0 Å². The lowest BCUT2D eigenvalue weighted by Crippen LogP contribution is -2.22.